The van der Waals surface area contributed by atoms with Gasteiger partial charge >= 0.3 is 0 Å². The van der Waals surface area contributed by atoms with Crippen molar-refractivity contribution in [2.45, 2.75) is 25.5 Å². The molecule has 4 N–H and O–H groups in total. The number of aliphatic hydroxyl groups excluding tert-OH is 1. The van der Waals surface area contributed by atoms with Gasteiger partial charge in [-0.3, -0.25) is 0 Å². The summed E-state index contributed by atoms with van der Waals surface area (Å²) in [5, 5.41) is 18.6. The van der Waals surface area contributed by atoms with Crippen molar-refractivity contribution in [1.29, 1.82) is 0 Å². The van der Waals surface area contributed by atoms with Crippen LogP contribution in [0, 0.1) is 5.82 Å². The number of phenols is 1. The fraction of sp³-hybridized carbons (Fsp3) is 0.400. The predicted octanol–water partition coefficient (Wildman–Crippen LogP) is 1.30. The van der Waals surface area contributed by atoms with Crippen LogP contribution in [0.3, 0.4) is 0 Å². The maximum Gasteiger partial charge on any atom is 0.165 e. The van der Waals surface area contributed by atoms with E-state index in [9.17, 15) is 9.50 Å². The highest BCUT2D eigenvalue weighted by atomic mass is 19.1. The van der Waals surface area contributed by atoms with Crippen molar-refractivity contribution in [3.8, 4) is 5.75 Å². The first kappa shape index (κ1) is 10.9. The molecule has 0 fully saturated rings. The fourth-order valence-corrected chi connectivity index (χ4v) is 1.18. The first-order valence-electron chi connectivity index (χ1n) is 4.48. The molecule has 4 heteroatoms. The molecule has 78 valence electrons. The van der Waals surface area contributed by atoms with Crippen LogP contribution >= 0.6 is 0 Å². The van der Waals surface area contributed by atoms with Crippen LogP contribution in [0.4, 0.5) is 4.39 Å². The SMILES string of the molecule is CC[C@H](N)[C@H](O)c1ccc(O)c(F)c1. The Kier molecular flexibility index (Phi) is 3.43. The number of halogens is 1. The lowest BCUT2D eigenvalue weighted by atomic mass is 10.0. The Hall–Kier alpha value is -1.13. The maximum atomic E-state index is 12.9. The third-order valence-electron chi connectivity index (χ3n) is 2.19. The van der Waals surface area contributed by atoms with Crippen molar-refractivity contribution in [3.05, 3.63) is 29.6 Å². The van der Waals surface area contributed by atoms with Gasteiger partial charge in [-0.1, -0.05) is 13.0 Å². The monoisotopic (exact) mass is 199 g/mol. The van der Waals surface area contributed by atoms with Crippen molar-refractivity contribution in [3.63, 3.8) is 0 Å². The summed E-state index contributed by atoms with van der Waals surface area (Å²) in [7, 11) is 0. The van der Waals surface area contributed by atoms with Crippen molar-refractivity contribution in [2.75, 3.05) is 0 Å². The number of aliphatic hydroxyl groups is 1. The van der Waals surface area contributed by atoms with E-state index in [1.165, 1.54) is 12.1 Å². The zero-order chi connectivity index (χ0) is 10.7. The molecule has 0 amide bonds. The molecule has 2 atom stereocenters. The molecule has 1 aromatic rings. The number of phenolic OH excluding ortho intramolecular Hbond substituents is 1. The van der Waals surface area contributed by atoms with E-state index in [1.807, 2.05) is 6.92 Å². The number of hydrogen-bond acceptors (Lipinski definition) is 3. The molecule has 14 heavy (non-hydrogen) atoms. The summed E-state index contributed by atoms with van der Waals surface area (Å²) in [6.07, 6.45) is -0.293. The number of benzene rings is 1. The molecular weight excluding hydrogens is 185 g/mol. The Morgan fingerprint density at radius 2 is 2.14 bits per heavy atom. The molecule has 0 aliphatic rings. The third kappa shape index (κ3) is 2.21. The Bertz CT molecular complexity index is 317. The van der Waals surface area contributed by atoms with Gasteiger partial charge in [-0.05, 0) is 24.1 Å². The van der Waals surface area contributed by atoms with Gasteiger partial charge in [-0.2, -0.15) is 0 Å². The van der Waals surface area contributed by atoms with Crippen LogP contribution in [-0.2, 0) is 0 Å². The minimum Gasteiger partial charge on any atom is -0.505 e. The van der Waals surface area contributed by atoms with Gasteiger partial charge in [0.2, 0.25) is 0 Å². The van der Waals surface area contributed by atoms with Crippen LogP contribution in [0.5, 0.6) is 5.75 Å². The highest BCUT2D eigenvalue weighted by Crippen LogP contribution is 2.22. The highest BCUT2D eigenvalue weighted by molar-refractivity contribution is 5.29. The van der Waals surface area contributed by atoms with E-state index in [0.29, 0.717) is 12.0 Å². The second-order valence-electron chi connectivity index (χ2n) is 3.23. The fourth-order valence-electron chi connectivity index (χ4n) is 1.18. The summed E-state index contributed by atoms with van der Waals surface area (Å²) >= 11 is 0. The second-order valence-corrected chi connectivity index (χ2v) is 3.23. The standard InChI is InChI=1S/C10H14FNO2/c1-2-8(12)10(14)6-3-4-9(13)7(11)5-6/h3-5,8,10,13-14H,2,12H2,1H3/t8-,10+/m0/s1. The van der Waals surface area contributed by atoms with Crippen molar-refractivity contribution in [1.82, 2.24) is 0 Å². The van der Waals surface area contributed by atoms with E-state index < -0.39 is 23.7 Å². The molecule has 3 nitrogen and oxygen atoms in total. The predicted molar refractivity (Wildman–Crippen MR) is 51.3 cm³/mol. The van der Waals surface area contributed by atoms with Gasteiger partial charge in [0.15, 0.2) is 11.6 Å². The normalized spacial score (nSPS) is 15.1. The highest BCUT2D eigenvalue weighted by Gasteiger charge is 2.16. The number of rotatable bonds is 3. The Morgan fingerprint density at radius 3 is 2.64 bits per heavy atom. The van der Waals surface area contributed by atoms with Crippen molar-refractivity contribution in [2.24, 2.45) is 5.73 Å². The Labute approximate surface area is 82.0 Å². The number of nitrogens with two attached hydrogens (primary N) is 1. The number of aromatic hydroxyl groups is 1. The van der Waals surface area contributed by atoms with E-state index in [1.54, 1.807) is 0 Å². The first-order chi connectivity index (χ1) is 6.56. The van der Waals surface area contributed by atoms with Gasteiger partial charge in [-0.25, -0.2) is 4.39 Å². The molecule has 1 aromatic carbocycles. The molecule has 0 aromatic heterocycles. The summed E-state index contributed by atoms with van der Waals surface area (Å²) in [5.41, 5.74) is 5.99. The molecule has 0 unspecified atom stereocenters. The van der Waals surface area contributed by atoms with E-state index in [2.05, 4.69) is 0 Å². The van der Waals surface area contributed by atoms with Gasteiger partial charge in [0.1, 0.15) is 0 Å². The second kappa shape index (κ2) is 4.39. The van der Waals surface area contributed by atoms with Gasteiger partial charge in [-0.15, -0.1) is 0 Å². The van der Waals surface area contributed by atoms with E-state index in [0.717, 1.165) is 6.07 Å². The van der Waals surface area contributed by atoms with Crippen LogP contribution in [0.25, 0.3) is 0 Å². The summed E-state index contributed by atoms with van der Waals surface area (Å²) in [4.78, 5) is 0. The molecule has 0 spiro atoms. The number of hydrogen-bond donors (Lipinski definition) is 3. The van der Waals surface area contributed by atoms with Crippen LogP contribution in [-0.4, -0.2) is 16.3 Å². The van der Waals surface area contributed by atoms with Crippen LogP contribution < -0.4 is 5.73 Å². The molecule has 0 saturated heterocycles. The minimum atomic E-state index is -0.893. The molecule has 0 bridgehead atoms. The molecule has 0 heterocycles. The zero-order valence-corrected chi connectivity index (χ0v) is 7.94. The first-order valence-corrected chi connectivity index (χ1v) is 4.48. The smallest absolute Gasteiger partial charge is 0.165 e. The average molecular weight is 199 g/mol. The summed E-state index contributed by atoms with van der Waals surface area (Å²) in [6, 6.07) is 3.34. The molecule has 0 aliphatic heterocycles. The average Bonchev–Trinajstić information content (AvgIpc) is 2.20. The minimum absolute atomic E-state index is 0.384. The third-order valence-corrected chi connectivity index (χ3v) is 2.19. The quantitative estimate of drug-likeness (QED) is 0.687. The lowest BCUT2D eigenvalue weighted by Gasteiger charge is -2.17. The van der Waals surface area contributed by atoms with Gasteiger partial charge in [0, 0.05) is 6.04 Å². The Balaban J connectivity index is 2.91. The molecule has 1 rings (SSSR count). The maximum absolute atomic E-state index is 12.9. The molecular formula is C10H14FNO2. The summed E-state index contributed by atoms with van der Waals surface area (Å²) in [5.74, 6) is -1.17. The van der Waals surface area contributed by atoms with E-state index >= 15 is 0 Å². The van der Waals surface area contributed by atoms with Crippen molar-refractivity contribution >= 4 is 0 Å². The van der Waals surface area contributed by atoms with E-state index in [-0.39, 0.29) is 0 Å². The molecule has 0 saturated carbocycles. The summed E-state index contributed by atoms with van der Waals surface area (Å²) < 4.78 is 12.9. The summed E-state index contributed by atoms with van der Waals surface area (Å²) in [6.45, 7) is 1.84. The zero-order valence-electron chi connectivity index (χ0n) is 7.94. The van der Waals surface area contributed by atoms with Crippen LogP contribution in [0.15, 0.2) is 18.2 Å². The van der Waals surface area contributed by atoms with Crippen LogP contribution in [0.2, 0.25) is 0 Å². The van der Waals surface area contributed by atoms with Gasteiger partial charge < -0.3 is 15.9 Å². The van der Waals surface area contributed by atoms with E-state index in [4.69, 9.17) is 10.8 Å². The molecule has 0 aliphatic carbocycles. The lowest BCUT2D eigenvalue weighted by Crippen LogP contribution is -2.27. The lowest BCUT2D eigenvalue weighted by molar-refractivity contribution is 0.144. The van der Waals surface area contributed by atoms with Gasteiger partial charge in [0.05, 0.1) is 6.10 Å². The van der Waals surface area contributed by atoms with Gasteiger partial charge in [0.25, 0.3) is 0 Å². The molecule has 0 radical (unpaired) electrons. The van der Waals surface area contributed by atoms with Crippen LogP contribution in [0.1, 0.15) is 25.0 Å². The van der Waals surface area contributed by atoms with Crippen molar-refractivity contribution < 1.29 is 14.6 Å². The Morgan fingerprint density at radius 1 is 1.50 bits per heavy atom. The largest absolute Gasteiger partial charge is 0.505 e. The topological polar surface area (TPSA) is 66.5 Å².